The van der Waals surface area contributed by atoms with E-state index in [-0.39, 0.29) is 5.56 Å². The van der Waals surface area contributed by atoms with Gasteiger partial charge in [-0.15, -0.1) is 0 Å². The van der Waals surface area contributed by atoms with Crippen molar-refractivity contribution < 1.29 is 37.3 Å². The fourth-order valence-electron chi connectivity index (χ4n) is 1.47. The van der Waals surface area contributed by atoms with E-state index in [1.165, 1.54) is 7.11 Å². The van der Waals surface area contributed by atoms with E-state index in [0.29, 0.717) is 6.07 Å². The first-order chi connectivity index (χ1) is 9.66. The lowest BCUT2D eigenvalue weighted by atomic mass is 10.1. The van der Waals surface area contributed by atoms with Gasteiger partial charge in [-0.05, 0) is 18.2 Å². The predicted octanol–water partition coefficient (Wildman–Crippen LogP) is 1.28. The molecule has 1 aromatic rings. The number of carboxylic acids is 1. The van der Waals surface area contributed by atoms with E-state index in [1.807, 2.05) is 0 Å². The summed E-state index contributed by atoms with van der Waals surface area (Å²) < 4.78 is 48.1. The number of carboxylic acid groups (broad SMARTS) is 1. The Morgan fingerprint density at radius 1 is 1.38 bits per heavy atom. The summed E-state index contributed by atoms with van der Waals surface area (Å²) in [5, 5.41) is 8.84. The molecule has 0 saturated heterocycles. The van der Waals surface area contributed by atoms with Crippen LogP contribution in [0.25, 0.3) is 0 Å². The summed E-state index contributed by atoms with van der Waals surface area (Å²) in [5.74, 6) is -3.25. The maximum atomic E-state index is 12.9. The number of primary amides is 1. The first-order valence-corrected chi connectivity index (χ1v) is 5.56. The topological polar surface area (TPSA) is 98.9 Å². The van der Waals surface area contributed by atoms with Crippen LogP contribution in [0.4, 0.5) is 13.2 Å². The Morgan fingerprint density at radius 2 is 2.00 bits per heavy atom. The highest BCUT2D eigenvalue weighted by molar-refractivity contribution is 5.93. The van der Waals surface area contributed by atoms with Crippen molar-refractivity contribution in [3.63, 3.8) is 0 Å². The van der Waals surface area contributed by atoms with Crippen molar-refractivity contribution in [3.8, 4) is 5.75 Å². The summed E-state index contributed by atoms with van der Waals surface area (Å²) in [6.45, 7) is -0.440. The highest BCUT2D eigenvalue weighted by atomic mass is 19.4. The highest BCUT2D eigenvalue weighted by Gasteiger charge is 2.36. The second-order valence-corrected chi connectivity index (χ2v) is 3.97. The van der Waals surface area contributed by atoms with Crippen LogP contribution in [0.3, 0.4) is 0 Å². The van der Waals surface area contributed by atoms with Gasteiger partial charge in [-0.25, -0.2) is 4.79 Å². The second-order valence-electron chi connectivity index (χ2n) is 3.97. The molecule has 1 aromatic carbocycles. The number of benzene rings is 1. The molecule has 0 aliphatic heterocycles. The van der Waals surface area contributed by atoms with Gasteiger partial charge in [0.25, 0.3) is 0 Å². The minimum atomic E-state index is -4.84. The minimum absolute atomic E-state index is 0.367. The molecule has 0 aromatic heterocycles. The molecule has 0 radical (unpaired) electrons. The predicted molar refractivity (Wildman–Crippen MR) is 63.9 cm³/mol. The van der Waals surface area contributed by atoms with Crippen molar-refractivity contribution in [2.75, 3.05) is 13.7 Å². The van der Waals surface area contributed by atoms with Crippen molar-refractivity contribution in [3.05, 3.63) is 29.3 Å². The fraction of sp³-hybridized carbons (Fsp3) is 0.333. The molecule has 0 aliphatic carbocycles. The van der Waals surface area contributed by atoms with Crippen LogP contribution in [0.2, 0.25) is 0 Å². The number of rotatable bonds is 6. The molecule has 1 amide bonds. The number of halogens is 3. The molecule has 1 atom stereocenters. The third-order valence-electron chi connectivity index (χ3n) is 2.43. The van der Waals surface area contributed by atoms with Crippen LogP contribution in [0, 0.1) is 0 Å². The number of hydrogen-bond donors (Lipinski definition) is 2. The van der Waals surface area contributed by atoms with E-state index in [0.717, 1.165) is 12.1 Å². The molecule has 0 aliphatic rings. The minimum Gasteiger partial charge on any atom is -0.478 e. The van der Waals surface area contributed by atoms with Crippen LogP contribution in [-0.4, -0.2) is 36.8 Å². The molecule has 0 bridgehead atoms. The van der Waals surface area contributed by atoms with Crippen LogP contribution in [-0.2, 0) is 15.7 Å². The number of amides is 1. The van der Waals surface area contributed by atoms with Crippen LogP contribution in [0.5, 0.6) is 5.75 Å². The average Bonchev–Trinajstić information content (AvgIpc) is 2.36. The first-order valence-electron chi connectivity index (χ1n) is 5.56. The van der Waals surface area contributed by atoms with Gasteiger partial charge < -0.3 is 20.3 Å². The van der Waals surface area contributed by atoms with Gasteiger partial charge in [-0.2, -0.15) is 13.2 Å². The Kier molecular flexibility index (Phi) is 5.14. The van der Waals surface area contributed by atoms with Gasteiger partial charge in [0, 0.05) is 12.7 Å². The summed E-state index contributed by atoms with van der Waals surface area (Å²) in [4.78, 5) is 21.8. The summed E-state index contributed by atoms with van der Waals surface area (Å²) >= 11 is 0. The van der Waals surface area contributed by atoms with E-state index in [1.54, 1.807) is 0 Å². The van der Waals surface area contributed by atoms with Gasteiger partial charge in [0.15, 0.2) is 0 Å². The highest BCUT2D eigenvalue weighted by Crippen LogP contribution is 2.37. The van der Waals surface area contributed by atoms with Gasteiger partial charge in [0.1, 0.15) is 5.75 Å². The number of methoxy groups -OCH3 is 1. The van der Waals surface area contributed by atoms with Crippen LogP contribution in [0.15, 0.2) is 18.2 Å². The van der Waals surface area contributed by atoms with Crippen molar-refractivity contribution in [1.29, 1.82) is 0 Å². The van der Waals surface area contributed by atoms with E-state index in [4.69, 9.17) is 15.6 Å². The quantitative estimate of drug-likeness (QED) is 0.825. The Bertz CT molecular complexity index is 544. The van der Waals surface area contributed by atoms with E-state index < -0.39 is 42.1 Å². The molecule has 3 N–H and O–H groups in total. The monoisotopic (exact) mass is 307 g/mol. The zero-order chi connectivity index (χ0) is 16.2. The molecular formula is C12H12F3NO5. The van der Waals surface area contributed by atoms with E-state index in [2.05, 4.69) is 4.74 Å². The number of carbonyl (C=O) groups excluding carboxylic acids is 1. The lowest BCUT2D eigenvalue weighted by Crippen LogP contribution is -2.32. The van der Waals surface area contributed by atoms with Crippen LogP contribution in [0.1, 0.15) is 15.9 Å². The Morgan fingerprint density at radius 3 is 2.43 bits per heavy atom. The van der Waals surface area contributed by atoms with Gasteiger partial charge in [-0.3, -0.25) is 4.79 Å². The third-order valence-corrected chi connectivity index (χ3v) is 2.43. The average molecular weight is 307 g/mol. The molecule has 1 unspecified atom stereocenters. The summed E-state index contributed by atoms with van der Waals surface area (Å²) in [7, 11) is 1.18. The molecule has 21 heavy (non-hydrogen) atoms. The number of nitrogens with two attached hydrogens (primary N) is 1. The Hall–Kier alpha value is -2.29. The summed E-state index contributed by atoms with van der Waals surface area (Å²) in [6.07, 6.45) is -6.45. The number of alkyl halides is 3. The molecule has 0 fully saturated rings. The van der Waals surface area contributed by atoms with E-state index in [9.17, 15) is 22.8 Å². The number of aliphatic carboxylic acids is 1. The lowest BCUT2D eigenvalue weighted by Gasteiger charge is -2.18. The molecular weight excluding hydrogens is 295 g/mol. The number of hydrogen-bond acceptors (Lipinski definition) is 4. The van der Waals surface area contributed by atoms with Crippen molar-refractivity contribution >= 4 is 11.9 Å². The van der Waals surface area contributed by atoms with Gasteiger partial charge in [0.05, 0.1) is 12.2 Å². The Balaban J connectivity index is 3.22. The zero-order valence-electron chi connectivity index (χ0n) is 10.8. The van der Waals surface area contributed by atoms with Gasteiger partial charge in [0.2, 0.25) is 12.0 Å². The molecule has 1 rings (SSSR count). The SMILES string of the molecule is COCC(Oc1ccc(C(N)=O)cc1C(F)(F)F)C(=O)O. The molecule has 6 nitrogen and oxygen atoms in total. The second kappa shape index (κ2) is 6.44. The molecule has 0 heterocycles. The van der Waals surface area contributed by atoms with Crippen molar-refractivity contribution in [1.82, 2.24) is 0 Å². The smallest absolute Gasteiger partial charge is 0.419 e. The third kappa shape index (κ3) is 4.35. The summed E-state index contributed by atoms with van der Waals surface area (Å²) in [5.41, 5.74) is 3.25. The molecule has 0 spiro atoms. The number of carbonyl (C=O) groups is 2. The zero-order valence-corrected chi connectivity index (χ0v) is 10.8. The van der Waals surface area contributed by atoms with Crippen molar-refractivity contribution in [2.24, 2.45) is 5.73 Å². The fourth-order valence-corrected chi connectivity index (χ4v) is 1.47. The van der Waals surface area contributed by atoms with E-state index >= 15 is 0 Å². The normalized spacial score (nSPS) is 12.8. The Labute approximate surface area is 117 Å². The van der Waals surface area contributed by atoms with Gasteiger partial charge >= 0.3 is 12.1 Å². The number of ether oxygens (including phenoxy) is 2. The van der Waals surface area contributed by atoms with Gasteiger partial charge in [-0.1, -0.05) is 0 Å². The first kappa shape index (κ1) is 16.8. The standard InChI is InChI=1S/C12H12F3NO5/c1-20-5-9(11(18)19)21-8-3-2-6(10(16)17)4-7(8)12(13,14)15/h2-4,9H,5H2,1H3,(H2,16,17)(H,18,19). The molecule has 116 valence electrons. The lowest BCUT2D eigenvalue weighted by molar-refractivity contribution is -0.150. The maximum Gasteiger partial charge on any atom is 0.419 e. The maximum absolute atomic E-state index is 12.9. The molecule has 0 saturated carbocycles. The largest absolute Gasteiger partial charge is 0.478 e. The van der Waals surface area contributed by atoms with Crippen LogP contribution < -0.4 is 10.5 Å². The molecule has 9 heteroatoms. The van der Waals surface area contributed by atoms with Crippen LogP contribution >= 0.6 is 0 Å². The summed E-state index contributed by atoms with van der Waals surface area (Å²) in [6, 6.07) is 2.36. The van der Waals surface area contributed by atoms with Crippen molar-refractivity contribution in [2.45, 2.75) is 12.3 Å².